The van der Waals surface area contributed by atoms with E-state index in [1.54, 1.807) is 35.3 Å². The summed E-state index contributed by atoms with van der Waals surface area (Å²) in [7, 11) is 0.696. The summed E-state index contributed by atoms with van der Waals surface area (Å²) in [6.45, 7) is 1.98. The fourth-order valence-corrected chi connectivity index (χ4v) is 4.51. The summed E-state index contributed by atoms with van der Waals surface area (Å²) in [4.78, 5) is 4.51. The van der Waals surface area contributed by atoms with Gasteiger partial charge in [0.05, 0.1) is 34.2 Å². The predicted octanol–water partition coefficient (Wildman–Crippen LogP) is 4.50. The average Bonchev–Trinajstić information content (AvgIpc) is 3.11. The zero-order valence-corrected chi connectivity index (χ0v) is 17.1. The third-order valence-corrected chi connectivity index (χ3v) is 6.83. The van der Waals surface area contributed by atoms with Crippen molar-refractivity contribution in [3.63, 3.8) is 0 Å². The van der Waals surface area contributed by atoms with Crippen LogP contribution >= 0.6 is 0 Å². The highest BCUT2D eigenvalue weighted by Gasteiger charge is 2.16. The van der Waals surface area contributed by atoms with E-state index in [0.717, 1.165) is 22.7 Å². The third-order valence-electron chi connectivity index (χ3n) is 4.50. The van der Waals surface area contributed by atoms with Crippen LogP contribution in [0.2, 0.25) is 0 Å². The molecule has 6 nitrogen and oxygen atoms in total. The number of halogens is 1. The minimum Gasteiger partial charge on any atom is -0.259 e. The van der Waals surface area contributed by atoms with E-state index in [0.29, 0.717) is 16.3 Å². The zero-order chi connectivity index (χ0) is 20.6. The number of hydrogen-bond donors (Lipinski definition) is 0. The molecule has 0 spiro atoms. The lowest BCUT2D eigenvalue weighted by Crippen LogP contribution is -2.21. The van der Waals surface area contributed by atoms with E-state index in [1.807, 2.05) is 43.3 Å². The summed E-state index contributed by atoms with van der Waals surface area (Å²) in [6, 6.07) is 14.3. The van der Waals surface area contributed by atoms with E-state index in [1.165, 1.54) is 12.3 Å². The molecule has 4 aromatic rings. The van der Waals surface area contributed by atoms with Crippen molar-refractivity contribution in [1.29, 1.82) is 0 Å². The third kappa shape index (κ3) is 3.76. The van der Waals surface area contributed by atoms with Gasteiger partial charge in [-0.3, -0.25) is 4.98 Å². The SMILES string of the molecule is Cc1ccc(S(=O)(=Nc2ccc3nn(-c4cncc(F)c4)cc3c2)N(C)C)cc1. The van der Waals surface area contributed by atoms with Gasteiger partial charge in [-0.25, -0.2) is 17.6 Å². The topological polar surface area (TPSA) is 63.4 Å². The van der Waals surface area contributed by atoms with E-state index >= 15 is 0 Å². The van der Waals surface area contributed by atoms with Crippen LogP contribution in [0.1, 0.15) is 5.56 Å². The van der Waals surface area contributed by atoms with Gasteiger partial charge in [0.2, 0.25) is 0 Å². The maximum absolute atomic E-state index is 13.7. The first kappa shape index (κ1) is 19.2. The molecule has 29 heavy (non-hydrogen) atoms. The standard InChI is InChI=1S/C21H20FN5OS/c1-15-4-7-20(8-5-15)29(28,26(2)3)25-18-6-9-21-16(10-18)14-27(24-21)19-11-17(22)12-23-13-19/h4-14H,1-3H3. The van der Waals surface area contributed by atoms with Gasteiger partial charge in [-0.2, -0.15) is 9.46 Å². The van der Waals surface area contributed by atoms with Crippen molar-refractivity contribution >= 4 is 26.5 Å². The second-order valence-electron chi connectivity index (χ2n) is 6.89. The van der Waals surface area contributed by atoms with E-state index in [4.69, 9.17) is 0 Å². The predicted molar refractivity (Wildman–Crippen MR) is 112 cm³/mol. The van der Waals surface area contributed by atoms with Gasteiger partial charge < -0.3 is 0 Å². The molecular weight excluding hydrogens is 389 g/mol. The summed E-state index contributed by atoms with van der Waals surface area (Å²) in [5, 5.41) is 5.26. The van der Waals surface area contributed by atoms with Crippen LogP contribution < -0.4 is 0 Å². The van der Waals surface area contributed by atoms with Crippen LogP contribution in [0.25, 0.3) is 16.6 Å². The first-order valence-corrected chi connectivity index (χ1v) is 10.4. The summed E-state index contributed by atoms with van der Waals surface area (Å²) in [5.41, 5.74) is 2.92. The lowest BCUT2D eigenvalue weighted by atomic mass is 10.2. The molecule has 0 N–H and O–H groups in total. The summed E-state index contributed by atoms with van der Waals surface area (Å²) in [5.74, 6) is -0.429. The monoisotopic (exact) mass is 409 g/mol. The largest absolute Gasteiger partial charge is 0.259 e. The molecule has 0 amide bonds. The molecule has 0 saturated heterocycles. The molecule has 2 heterocycles. The van der Waals surface area contributed by atoms with Crippen LogP contribution in [0.5, 0.6) is 0 Å². The van der Waals surface area contributed by atoms with Crippen molar-refractivity contribution in [2.75, 3.05) is 14.1 Å². The normalized spacial score (nSPS) is 13.6. The zero-order valence-electron chi connectivity index (χ0n) is 16.3. The van der Waals surface area contributed by atoms with E-state index in [9.17, 15) is 8.60 Å². The van der Waals surface area contributed by atoms with Crippen LogP contribution in [-0.4, -0.2) is 37.4 Å². The lowest BCUT2D eigenvalue weighted by Gasteiger charge is -2.17. The van der Waals surface area contributed by atoms with Gasteiger partial charge >= 0.3 is 0 Å². The summed E-state index contributed by atoms with van der Waals surface area (Å²) in [6.07, 6.45) is 4.46. The Morgan fingerprint density at radius 3 is 2.52 bits per heavy atom. The van der Waals surface area contributed by atoms with Crippen molar-refractivity contribution in [2.24, 2.45) is 4.36 Å². The van der Waals surface area contributed by atoms with Crippen molar-refractivity contribution in [2.45, 2.75) is 11.8 Å². The fraction of sp³-hybridized carbons (Fsp3) is 0.143. The molecule has 0 bridgehead atoms. The highest BCUT2D eigenvalue weighted by molar-refractivity contribution is 7.91. The Hall–Kier alpha value is -3.10. The number of aryl methyl sites for hydroxylation is 1. The van der Waals surface area contributed by atoms with Gasteiger partial charge in [0.15, 0.2) is 0 Å². The van der Waals surface area contributed by atoms with E-state index in [2.05, 4.69) is 14.4 Å². The van der Waals surface area contributed by atoms with Crippen molar-refractivity contribution in [1.82, 2.24) is 19.1 Å². The molecule has 0 saturated carbocycles. The molecule has 0 radical (unpaired) electrons. The first-order valence-electron chi connectivity index (χ1n) is 8.97. The molecule has 0 aliphatic heterocycles. The van der Waals surface area contributed by atoms with Crippen LogP contribution in [0, 0.1) is 12.7 Å². The molecule has 2 aromatic carbocycles. The molecule has 8 heteroatoms. The van der Waals surface area contributed by atoms with Crippen molar-refractivity contribution in [3.05, 3.63) is 78.5 Å². The Labute approximate surface area is 168 Å². The summed E-state index contributed by atoms with van der Waals surface area (Å²) < 4.78 is 34.9. The van der Waals surface area contributed by atoms with Crippen LogP contribution in [0.3, 0.4) is 0 Å². The molecule has 1 atom stereocenters. The van der Waals surface area contributed by atoms with Crippen LogP contribution in [0.4, 0.5) is 10.1 Å². The number of pyridine rings is 1. The Kier molecular flexibility index (Phi) is 4.89. The first-order chi connectivity index (χ1) is 13.8. The van der Waals surface area contributed by atoms with E-state index < -0.39 is 15.7 Å². The number of benzene rings is 2. The molecule has 0 aliphatic carbocycles. The van der Waals surface area contributed by atoms with Gasteiger partial charge in [0.1, 0.15) is 15.7 Å². The Morgan fingerprint density at radius 2 is 1.83 bits per heavy atom. The van der Waals surface area contributed by atoms with Gasteiger partial charge in [-0.15, -0.1) is 0 Å². The Morgan fingerprint density at radius 1 is 1.07 bits per heavy atom. The Bertz CT molecular complexity index is 1300. The molecule has 4 rings (SSSR count). The molecule has 0 aliphatic rings. The minimum atomic E-state index is -2.80. The number of nitrogens with zero attached hydrogens (tertiary/aromatic N) is 5. The van der Waals surface area contributed by atoms with Gasteiger partial charge in [-0.05, 0) is 37.3 Å². The maximum Gasteiger partial charge on any atom is 0.144 e. The number of fused-ring (bicyclic) bond motifs is 1. The van der Waals surface area contributed by atoms with Gasteiger partial charge in [-0.1, -0.05) is 17.7 Å². The molecule has 0 fully saturated rings. The smallest absolute Gasteiger partial charge is 0.144 e. The maximum atomic E-state index is 13.7. The highest BCUT2D eigenvalue weighted by atomic mass is 32.2. The number of hydrogen-bond acceptors (Lipinski definition) is 4. The second-order valence-corrected chi connectivity index (χ2v) is 9.27. The molecular formula is C21H20FN5OS. The van der Waals surface area contributed by atoms with Crippen molar-refractivity contribution < 1.29 is 8.60 Å². The minimum absolute atomic E-state index is 0.429. The van der Waals surface area contributed by atoms with Crippen LogP contribution in [0.15, 0.2) is 76.4 Å². The van der Waals surface area contributed by atoms with Crippen molar-refractivity contribution in [3.8, 4) is 5.69 Å². The molecule has 148 valence electrons. The van der Waals surface area contributed by atoms with Crippen LogP contribution in [-0.2, 0) is 9.92 Å². The number of rotatable bonds is 4. The van der Waals surface area contributed by atoms with Gasteiger partial charge in [0.25, 0.3) is 0 Å². The average molecular weight is 409 g/mol. The molecule has 2 aromatic heterocycles. The molecule has 1 unspecified atom stereocenters. The quantitative estimate of drug-likeness (QED) is 0.498. The highest BCUT2D eigenvalue weighted by Crippen LogP contribution is 2.26. The lowest BCUT2D eigenvalue weighted by molar-refractivity contribution is 0.592. The van der Waals surface area contributed by atoms with Gasteiger partial charge in [0, 0.05) is 31.7 Å². The number of aromatic nitrogens is 3. The fourth-order valence-electron chi connectivity index (χ4n) is 2.93. The van der Waals surface area contributed by atoms with E-state index in [-0.39, 0.29) is 0 Å². The Balaban J connectivity index is 1.80. The second kappa shape index (κ2) is 7.38. The summed E-state index contributed by atoms with van der Waals surface area (Å²) >= 11 is 0.